The van der Waals surface area contributed by atoms with Gasteiger partial charge in [0, 0.05) is 119 Å². The minimum Gasteiger partial charge on any atom is -0.489 e. The van der Waals surface area contributed by atoms with Crippen molar-refractivity contribution >= 4 is 75.0 Å². The minimum absolute atomic E-state index is 0.00563. The second-order valence-electron chi connectivity index (χ2n) is 19.2. The molecule has 0 bridgehead atoms. The second kappa shape index (κ2) is 50.7. The Morgan fingerprint density at radius 2 is 1.40 bits per heavy atom. The summed E-state index contributed by atoms with van der Waals surface area (Å²) in [6.07, 6.45) is 6.22. The van der Waals surface area contributed by atoms with Gasteiger partial charge in [-0.3, -0.25) is 43.7 Å². The summed E-state index contributed by atoms with van der Waals surface area (Å²) in [7, 11) is 10.7. The summed E-state index contributed by atoms with van der Waals surface area (Å²) >= 11 is 15.4. The molecule has 0 saturated carbocycles. The first-order valence-electron chi connectivity index (χ1n) is 28.4. The fourth-order valence-electron chi connectivity index (χ4n) is 7.09. The Kier molecular flexibility index (Phi) is 47.4. The van der Waals surface area contributed by atoms with Crippen molar-refractivity contribution < 1.29 is 61.4 Å². The number of H-pyrrole nitrogens is 1. The Hall–Kier alpha value is -5.88. The van der Waals surface area contributed by atoms with Gasteiger partial charge in [0.25, 0.3) is 25.6 Å². The summed E-state index contributed by atoms with van der Waals surface area (Å²) in [6.45, 7) is 18.2. The molecule has 502 valence electrons. The number of nitrogens with zero attached hydrogens (tertiary/aromatic N) is 7. The molecule has 3 heterocycles. The van der Waals surface area contributed by atoms with Gasteiger partial charge in [-0.2, -0.15) is 10.4 Å². The standard InChI is InChI=1S/C33H42Cl2N6O9.C18H31N4O5P.C3H8N2O.C3H8O.BHS/c1-22(42)37-9-11-47-12-13-48-14-15-49-16-17-50-28-21-39-41(2)33(45)29(28)24-6-4-23(5-7-24)18-27(31(43)38-8-10-46-3)40-32(44)30-25(34)19-36-20-26(30)35;1-14(2)22(15(3)4)28(26-12-6-9-19)27-13-16(25-5)7-10-21-11-8-17(23)20-18(21)24;1-3(6)5(2)4;1-3-4-2;1-2/h4-7,19-21,27H,8-18H2,1-3H3,(H,37,42)(H,38,43)(H,40,44);8,11,14-16H,6-7,10,12-13H2,1-5H3,(H,20,23,24);4H2,1-2H3;3H2,1-2H3;2H. The maximum atomic E-state index is 13.1. The highest BCUT2D eigenvalue weighted by Gasteiger charge is 2.29. The first-order valence-corrected chi connectivity index (χ1v) is 30.8. The number of ether oxygens (including phenoxy) is 7. The number of nitrogens with one attached hydrogen (secondary N) is 4. The normalized spacial score (nSPS) is 11.6. The number of amides is 4. The maximum Gasteiger partial charge on any atom is 0.328 e. The molecule has 3 unspecified atom stereocenters. The summed E-state index contributed by atoms with van der Waals surface area (Å²) in [6, 6.07) is 9.80. The molecule has 4 aromatic rings. The molecule has 3 aromatic heterocycles. The Bertz CT molecular complexity index is 2860. The smallest absolute Gasteiger partial charge is 0.328 e. The van der Waals surface area contributed by atoms with Crippen LogP contribution in [0.2, 0.25) is 10.0 Å². The van der Waals surface area contributed by atoms with Crippen LogP contribution in [-0.4, -0.2) is 203 Å². The molecule has 0 spiro atoms. The molecule has 4 amide bonds. The van der Waals surface area contributed by atoms with Gasteiger partial charge in [-0.25, -0.2) is 32.5 Å². The van der Waals surface area contributed by atoms with Crippen LogP contribution in [0.1, 0.15) is 77.2 Å². The molecule has 6 N–H and O–H groups in total. The Morgan fingerprint density at radius 3 is 1.91 bits per heavy atom. The van der Waals surface area contributed by atoms with Crippen LogP contribution in [-0.2, 0) is 71.9 Å². The van der Waals surface area contributed by atoms with E-state index in [0.717, 1.165) is 11.6 Å². The van der Waals surface area contributed by atoms with E-state index in [1.807, 2.05) is 6.92 Å². The summed E-state index contributed by atoms with van der Waals surface area (Å²) in [5.74, 6) is 3.90. The lowest BCUT2D eigenvalue weighted by Gasteiger charge is -2.36. The third-order valence-electron chi connectivity index (χ3n) is 11.7. The van der Waals surface area contributed by atoms with Crippen LogP contribution in [0, 0.1) is 11.3 Å². The highest BCUT2D eigenvalue weighted by atomic mass is 35.5. The molecular weight excluding hydrogens is 1250 g/mol. The first kappa shape index (κ1) is 84.1. The van der Waals surface area contributed by atoms with E-state index in [1.54, 1.807) is 38.5 Å². The number of methoxy groups -OCH3 is 3. The average molecular weight is 1340 g/mol. The zero-order valence-corrected chi connectivity index (χ0v) is 56.8. The molecule has 33 heteroatoms. The lowest BCUT2D eigenvalue weighted by molar-refractivity contribution is -0.127. The number of hydrogen-bond donors (Lipinski definition) is 6. The third-order valence-corrected chi connectivity index (χ3v) is 14.3. The molecule has 4 rings (SSSR count). The zero-order chi connectivity index (χ0) is 68.0. The lowest BCUT2D eigenvalue weighted by Crippen LogP contribution is -2.48. The summed E-state index contributed by atoms with van der Waals surface area (Å²) in [5.41, 5.74) is 0.351. The zero-order valence-electron chi connectivity index (χ0n) is 53.5. The Balaban J connectivity index is 0.00000165. The van der Waals surface area contributed by atoms with Crippen LogP contribution in [0.25, 0.3) is 11.1 Å². The molecule has 3 atom stereocenters. The van der Waals surface area contributed by atoms with Gasteiger partial charge in [0.1, 0.15) is 12.6 Å². The number of hydrogen-bond acceptors (Lipinski definition) is 22. The van der Waals surface area contributed by atoms with E-state index in [0.29, 0.717) is 88.9 Å². The van der Waals surface area contributed by atoms with Crippen molar-refractivity contribution in [3.8, 4) is 22.9 Å². The van der Waals surface area contributed by atoms with E-state index in [4.69, 9.17) is 71.8 Å². The number of thiol groups is 1. The Morgan fingerprint density at radius 1 is 0.833 bits per heavy atom. The lowest BCUT2D eigenvalue weighted by atomic mass is 10.0. The number of aromatic nitrogens is 5. The Labute approximate surface area is 545 Å². The van der Waals surface area contributed by atoms with Crippen LogP contribution < -0.4 is 43.3 Å². The fourth-order valence-corrected chi connectivity index (χ4v) is 9.27. The van der Waals surface area contributed by atoms with E-state index in [-0.39, 0.29) is 89.7 Å². The molecule has 2 radical (unpaired) electrons. The van der Waals surface area contributed by atoms with Gasteiger partial charge in [0.2, 0.25) is 17.7 Å². The number of benzene rings is 1. The van der Waals surface area contributed by atoms with E-state index in [2.05, 4.69) is 93.8 Å². The largest absolute Gasteiger partial charge is 0.489 e. The van der Waals surface area contributed by atoms with Gasteiger partial charge in [0.05, 0.1) is 105 Å². The number of aryl methyl sites for hydroxylation is 2. The fraction of sp³-hybridized carbons (Fsp3) is 0.579. The average Bonchev–Trinajstić information content (AvgIpc) is 1.36. The summed E-state index contributed by atoms with van der Waals surface area (Å²) < 4.78 is 54.0. The molecule has 0 aliphatic carbocycles. The van der Waals surface area contributed by atoms with Crippen LogP contribution in [0.15, 0.2) is 69.5 Å². The SMILES string of the molecule is CC(=O)N(C)N.CCOC.COC(CCn1ccc(=O)[nH]c1=O)COP(OCCC#N)N(C(C)C)C(C)C.COCCNC(=O)C(Cc1ccc(-c2c(OCCOCCOCCOCCNC(C)=O)cnn(C)c2=O)cc1)NC(=O)c1c(Cl)cncc1Cl.[B]S. The molecule has 90 heavy (non-hydrogen) atoms. The number of pyridine rings is 1. The molecule has 28 nitrogen and oxygen atoms in total. The molecular formula is C57H90BCl2N12O16PS. The van der Waals surface area contributed by atoms with Crippen LogP contribution in [0.3, 0.4) is 0 Å². The van der Waals surface area contributed by atoms with Crippen molar-refractivity contribution in [1.82, 2.24) is 49.9 Å². The number of nitrogens with two attached hydrogens (primary N) is 1. The highest BCUT2D eigenvalue weighted by Crippen LogP contribution is 2.46. The van der Waals surface area contributed by atoms with Gasteiger partial charge >= 0.3 is 5.69 Å². The van der Waals surface area contributed by atoms with E-state index < -0.39 is 37.6 Å². The molecule has 1 aromatic carbocycles. The van der Waals surface area contributed by atoms with Crippen molar-refractivity contribution in [2.24, 2.45) is 12.9 Å². The van der Waals surface area contributed by atoms with Gasteiger partial charge in [-0.1, -0.05) is 47.5 Å². The first-order chi connectivity index (χ1) is 43.0. The van der Waals surface area contributed by atoms with Crippen LogP contribution >= 0.6 is 44.2 Å². The summed E-state index contributed by atoms with van der Waals surface area (Å²) in [4.78, 5) is 89.1. The van der Waals surface area contributed by atoms with Gasteiger partial charge in [0.15, 0.2) is 12.9 Å². The van der Waals surface area contributed by atoms with Gasteiger partial charge in [-0.05, 0) is 52.2 Å². The topological polar surface area (TPSA) is 346 Å². The summed E-state index contributed by atoms with van der Waals surface area (Å²) in [5, 5.41) is 22.1. The van der Waals surface area contributed by atoms with E-state index in [1.165, 1.54) is 75.2 Å². The number of rotatable bonds is 36. The predicted molar refractivity (Wildman–Crippen MR) is 348 cm³/mol. The highest BCUT2D eigenvalue weighted by molar-refractivity contribution is 8.03. The third kappa shape index (κ3) is 35.7. The quantitative estimate of drug-likeness (QED) is 0.00711. The number of halogens is 2. The number of carbonyl (C=O) groups is 4. The number of nitriles is 1. The number of aromatic amines is 1. The number of hydrazine groups is 1. The molecule has 0 saturated heterocycles. The van der Waals surface area contributed by atoms with Gasteiger partial charge in [-0.15, -0.1) is 0 Å². The van der Waals surface area contributed by atoms with E-state index >= 15 is 0 Å². The van der Waals surface area contributed by atoms with Crippen molar-refractivity contribution in [3.63, 3.8) is 0 Å². The van der Waals surface area contributed by atoms with Gasteiger partial charge < -0.3 is 62.7 Å². The van der Waals surface area contributed by atoms with E-state index in [9.17, 15) is 33.6 Å². The van der Waals surface area contributed by atoms with Crippen molar-refractivity contribution in [3.05, 3.63) is 107 Å². The molecule has 0 aliphatic heterocycles. The molecule has 0 fully saturated rings. The predicted octanol–water partition coefficient (Wildman–Crippen LogP) is 4.04. The van der Waals surface area contributed by atoms with Crippen molar-refractivity contribution in [2.45, 2.75) is 98.5 Å². The van der Waals surface area contributed by atoms with Crippen LogP contribution in [0.4, 0.5) is 0 Å². The minimum atomic E-state index is -1.34. The number of carbonyl (C=O) groups excluding carboxylic acids is 4. The maximum absolute atomic E-state index is 13.1. The van der Waals surface area contributed by atoms with Crippen molar-refractivity contribution in [2.75, 3.05) is 114 Å². The van der Waals surface area contributed by atoms with Crippen LogP contribution in [0.5, 0.6) is 5.75 Å². The monoisotopic (exact) mass is 1340 g/mol. The van der Waals surface area contributed by atoms with Crippen molar-refractivity contribution in [1.29, 1.82) is 5.26 Å². The second-order valence-corrected chi connectivity index (χ2v) is 21.4. The molecule has 0 aliphatic rings.